The summed E-state index contributed by atoms with van der Waals surface area (Å²) in [5, 5.41) is 19.0. The fraction of sp³-hybridized carbons (Fsp3) is 0.636. The molecule has 2 N–H and O–H groups in total. The summed E-state index contributed by atoms with van der Waals surface area (Å²) in [6.45, 7) is 5.47. The van der Waals surface area contributed by atoms with E-state index < -0.39 is 12.0 Å². The Kier molecular flexibility index (Phi) is 4.82. The lowest BCUT2D eigenvalue weighted by molar-refractivity contribution is -0.137. The van der Waals surface area contributed by atoms with Crippen LogP contribution in [0.1, 0.15) is 38.9 Å². The summed E-state index contributed by atoms with van der Waals surface area (Å²) in [6.07, 6.45) is 1.92. The number of nitrogens with zero attached hydrogens (tertiary/aromatic N) is 3. The molecular weight excluding hydrogens is 236 g/mol. The molecule has 1 unspecified atom stereocenters. The Hall–Kier alpha value is -1.92. The minimum absolute atomic E-state index is 0.00522. The standard InChI is InChI=1S/C11H18N4O3/c1-7(2)12-11(18)8(3)15-6-9(13-14-15)4-5-10(16)17/h6-8H,4-5H2,1-3H3,(H,12,18)(H,16,17). The minimum atomic E-state index is -0.879. The maximum absolute atomic E-state index is 11.7. The van der Waals surface area contributed by atoms with E-state index in [2.05, 4.69) is 15.6 Å². The third-order valence-corrected chi connectivity index (χ3v) is 2.36. The minimum Gasteiger partial charge on any atom is -0.481 e. The summed E-state index contributed by atoms with van der Waals surface area (Å²) < 4.78 is 1.44. The molecule has 0 saturated heterocycles. The number of carboxylic acid groups (broad SMARTS) is 1. The molecule has 1 rings (SSSR count). The quantitative estimate of drug-likeness (QED) is 0.765. The van der Waals surface area contributed by atoms with Gasteiger partial charge in [-0.25, -0.2) is 4.68 Å². The SMILES string of the molecule is CC(C)NC(=O)C(C)n1cc(CCC(=O)O)nn1. The maximum atomic E-state index is 11.7. The normalized spacial score (nSPS) is 12.4. The van der Waals surface area contributed by atoms with Crippen LogP contribution in [0.15, 0.2) is 6.20 Å². The molecule has 1 aromatic heterocycles. The molecule has 0 spiro atoms. The van der Waals surface area contributed by atoms with E-state index >= 15 is 0 Å². The van der Waals surface area contributed by atoms with Crippen LogP contribution in [0.25, 0.3) is 0 Å². The molecule has 1 atom stereocenters. The van der Waals surface area contributed by atoms with E-state index in [0.717, 1.165) is 0 Å². The third-order valence-electron chi connectivity index (χ3n) is 2.36. The molecule has 1 aromatic rings. The molecule has 18 heavy (non-hydrogen) atoms. The largest absolute Gasteiger partial charge is 0.481 e. The van der Waals surface area contributed by atoms with Crippen LogP contribution in [0.3, 0.4) is 0 Å². The molecule has 0 bridgehead atoms. The summed E-state index contributed by atoms with van der Waals surface area (Å²) >= 11 is 0. The molecule has 0 aliphatic heterocycles. The summed E-state index contributed by atoms with van der Waals surface area (Å²) in [7, 11) is 0. The van der Waals surface area contributed by atoms with E-state index in [0.29, 0.717) is 12.1 Å². The van der Waals surface area contributed by atoms with Gasteiger partial charge in [-0.1, -0.05) is 5.21 Å². The summed E-state index contributed by atoms with van der Waals surface area (Å²) in [5.41, 5.74) is 0.571. The van der Waals surface area contributed by atoms with Gasteiger partial charge < -0.3 is 10.4 Å². The average Bonchev–Trinajstić information content (AvgIpc) is 2.72. The van der Waals surface area contributed by atoms with E-state index in [1.807, 2.05) is 13.8 Å². The second-order valence-electron chi connectivity index (χ2n) is 4.42. The van der Waals surface area contributed by atoms with Crippen molar-refractivity contribution >= 4 is 11.9 Å². The molecule has 1 heterocycles. The van der Waals surface area contributed by atoms with Gasteiger partial charge in [-0.2, -0.15) is 0 Å². The van der Waals surface area contributed by atoms with Crippen LogP contribution in [0.5, 0.6) is 0 Å². The second kappa shape index (κ2) is 6.13. The number of aryl methyl sites for hydroxylation is 1. The van der Waals surface area contributed by atoms with Crippen LogP contribution >= 0.6 is 0 Å². The predicted octanol–water partition coefficient (Wildman–Crippen LogP) is 0.381. The van der Waals surface area contributed by atoms with Crippen molar-refractivity contribution < 1.29 is 14.7 Å². The van der Waals surface area contributed by atoms with Crippen molar-refractivity contribution in [2.45, 2.75) is 45.7 Å². The van der Waals surface area contributed by atoms with E-state index in [-0.39, 0.29) is 18.4 Å². The van der Waals surface area contributed by atoms with Crippen molar-refractivity contribution in [3.8, 4) is 0 Å². The van der Waals surface area contributed by atoms with Gasteiger partial charge in [-0.3, -0.25) is 9.59 Å². The van der Waals surface area contributed by atoms with E-state index in [1.54, 1.807) is 13.1 Å². The first-order valence-electron chi connectivity index (χ1n) is 5.83. The number of rotatable bonds is 6. The first-order valence-corrected chi connectivity index (χ1v) is 5.83. The number of carbonyl (C=O) groups is 2. The Labute approximate surface area is 105 Å². The molecule has 0 aliphatic carbocycles. The fourth-order valence-electron chi connectivity index (χ4n) is 1.38. The molecule has 0 aromatic carbocycles. The van der Waals surface area contributed by atoms with Crippen LogP contribution in [0, 0.1) is 0 Å². The van der Waals surface area contributed by atoms with Gasteiger partial charge in [-0.15, -0.1) is 5.10 Å². The van der Waals surface area contributed by atoms with Crippen LogP contribution < -0.4 is 5.32 Å². The highest BCUT2D eigenvalue weighted by molar-refractivity contribution is 5.79. The van der Waals surface area contributed by atoms with Gasteiger partial charge >= 0.3 is 5.97 Å². The molecule has 100 valence electrons. The zero-order chi connectivity index (χ0) is 13.7. The Bertz CT molecular complexity index is 428. The van der Waals surface area contributed by atoms with Crippen molar-refractivity contribution in [1.82, 2.24) is 20.3 Å². The van der Waals surface area contributed by atoms with Crippen molar-refractivity contribution in [1.29, 1.82) is 0 Å². The Morgan fingerprint density at radius 2 is 2.11 bits per heavy atom. The Balaban J connectivity index is 2.61. The highest BCUT2D eigenvalue weighted by atomic mass is 16.4. The van der Waals surface area contributed by atoms with Gasteiger partial charge in [0.1, 0.15) is 6.04 Å². The Morgan fingerprint density at radius 1 is 1.44 bits per heavy atom. The molecule has 1 amide bonds. The summed E-state index contributed by atoms with van der Waals surface area (Å²) in [5.74, 6) is -1.02. The maximum Gasteiger partial charge on any atom is 0.303 e. The number of carbonyl (C=O) groups excluding carboxylic acids is 1. The molecule has 0 saturated carbocycles. The zero-order valence-electron chi connectivity index (χ0n) is 10.8. The molecule has 0 fully saturated rings. The average molecular weight is 254 g/mol. The van der Waals surface area contributed by atoms with Crippen LogP contribution in [0.4, 0.5) is 0 Å². The molecule has 0 aliphatic rings. The van der Waals surface area contributed by atoms with Gasteiger partial charge in [0.2, 0.25) is 5.91 Å². The number of aromatic nitrogens is 3. The smallest absolute Gasteiger partial charge is 0.303 e. The molecular formula is C11H18N4O3. The topological polar surface area (TPSA) is 97.1 Å². The van der Waals surface area contributed by atoms with Gasteiger partial charge in [-0.05, 0) is 20.8 Å². The zero-order valence-corrected chi connectivity index (χ0v) is 10.8. The first-order chi connectivity index (χ1) is 8.40. The van der Waals surface area contributed by atoms with E-state index in [9.17, 15) is 9.59 Å². The summed E-state index contributed by atoms with van der Waals surface area (Å²) in [6, 6.07) is -0.395. The lowest BCUT2D eigenvalue weighted by Gasteiger charge is -2.13. The predicted molar refractivity (Wildman–Crippen MR) is 64.0 cm³/mol. The van der Waals surface area contributed by atoms with Crippen LogP contribution in [-0.4, -0.2) is 38.0 Å². The van der Waals surface area contributed by atoms with Gasteiger partial charge in [0.05, 0.1) is 12.1 Å². The van der Waals surface area contributed by atoms with Crippen molar-refractivity contribution in [2.75, 3.05) is 0 Å². The fourth-order valence-corrected chi connectivity index (χ4v) is 1.38. The summed E-state index contributed by atoms with van der Waals surface area (Å²) in [4.78, 5) is 22.2. The van der Waals surface area contributed by atoms with Gasteiger partial charge in [0.25, 0.3) is 0 Å². The lowest BCUT2D eigenvalue weighted by atomic mass is 10.2. The number of hydrogen-bond acceptors (Lipinski definition) is 4. The first kappa shape index (κ1) is 14.1. The molecule has 7 nitrogen and oxygen atoms in total. The molecule has 7 heteroatoms. The number of nitrogens with one attached hydrogen (secondary N) is 1. The van der Waals surface area contributed by atoms with E-state index in [4.69, 9.17) is 5.11 Å². The number of aliphatic carboxylic acids is 1. The van der Waals surface area contributed by atoms with Crippen LogP contribution in [-0.2, 0) is 16.0 Å². The number of hydrogen-bond donors (Lipinski definition) is 2. The highest BCUT2D eigenvalue weighted by Gasteiger charge is 2.17. The van der Waals surface area contributed by atoms with Gasteiger partial charge in [0.15, 0.2) is 0 Å². The monoisotopic (exact) mass is 254 g/mol. The third kappa shape index (κ3) is 4.15. The van der Waals surface area contributed by atoms with E-state index in [1.165, 1.54) is 4.68 Å². The van der Waals surface area contributed by atoms with Crippen molar-refractivity contribution in [3.05, 3.63) is 11.9 Å². The second-order valence-corrected chi connectivity index (χ2v) is 4.42. The highest BCUT2D eigenvalue weighted by Crippen LogP contribution is 2.06. The number of carboxylic acids is 1. The molecule has 0 radical (unpaired) electrons. The van der Waals surface area contributed by atoms with Gasteiger partial charge in [0, 0.05) is 18.7 Å². The van der Waals surface area contributed by atoms with Crippen molar-refractivity contribution in [2.24, 2.45) is 0 Å². The van der Waals surface area contributed by atoms with Crippen molar-refractivity contribution in [3.63, 3.8) is 0 Å². The number of amides is 1. The Morgan fingerprint density at radius 3 is 2.67 bits per heavy atom. The van der Waals surface area contributed by atoms with Crippen LogP contribution in [0.2, 0.25) is 0 Å². The lowest BCUT2D eigenvalue weighted by Crippen LogP contribution is -2.35.